The van der Waals surface area contributed by atoms with Gasteiger partial charge in [-0.05, 0) is 47.5 Å². The SMILES string of the molecule is CC1(C)c2ccccc2-c2c1c1ccccc1n2-c1cccc(Oc2cccc(Br)c2)c1Cl. The first kappa shape index (κ1) is 20.6. The summed E-state index contributed by atoms with van der Waals surface area (Å²) in [5, 5.41) is 1.84. The second-order valence-electron chi connectivity index (χ2n) is 8.90. The zero-order chi connectivity index (χ0) is 22.7. The van der Waals surface area contributed by atoms with E-state index in [0.29, 0.717) is 10.8 Å². The molecule has 0 spiro atoms. The molecule has 0 bridgehead atoms. The van der Waals surface area contributed by atoms with Crippen LogP contribution in [0.1, 0.15) is 25.0 Å². The van der Waals surface area contributed by atoms with Gasteiger partial charge < -0.3 is 9.30 Å². The summed E-state index contributed by atoms with van der Waals surface area (Å²) in [4.78, 5) is 0. The van der Waals surface area contributed by atoms with Crippen LogP contribution < -0.4 is 4.74 Å². The molecule has 6 rings (SSSR count). The Labute approximate surface area is 206 Å². The summed E-state index contributed by atoms with van der Waals surface area (Å²) in [6.07, 6.45) is 0. The third kappa shape index (κ3) is 3.07. The van der Waals surface area contributed by atoms with Gasteiger partial charge in [0.1, 0.15) is 16.5 Å². The number of halogens is 2. The van der Waals surface area contributed by atoms with E-state index >= 15 is 0 Å². The smallest absolute Gasteiger partial charge is 0.148 e. The normalized spacial score (nSPS) is 13.7. The summed E-state index contributed by atoms with van der Waals surface area (Å²) in [6.45, 7) is 4.62. The molecule has 0 saturated carbocycles. The number of nitrogens with zero attached hydrogens (tertiary/aromatic N) is 1. The van der Waals surface area contributed by atoms with Crippen LogP contribution >= 0.6 is 27.5 Å². The van der Waals surface area contributed by atoms with Crippen molar-refractivity contribution >= 4 is 38.4 Å². The van der Waals surface area contributed by atoms with E-state index in [1.807, 2.05) is 36.4 Å². The van der Waals surface area contributed by atoms with Crippen LogP contribution in [-0.2, 0) is 5.41 Å². The van der Waals surface area contributed by atoms with E-state index in [1.54, 1.807) is 0 Å². The lowest BCUT2D eigenvalue weighted by Crippen LogP contribution is -2.14. The summed E-state index contributed by atoms with van der Waals surface area (Å²) in [7, 11) is 0. The fourth-order valence-corrected chi connectivity index (χ4v) is 5.78. The molecule has 162 valence electrons. The summed E-state index contributed by atoms with van der Waals surface area (Å²) in [5.74, 6) is 1.36. The zero-order valence-electron chi connectivity index (χ0n) is 18.3. The Morgan fingerprint density at radius 3 is 2.45 bits per heavy atom. The van der Waals surface area contributed by atoms with Crippen LogP contribution in [-0.4, -0.2) is 4.57 Å². The lowest BCUT2D eigenvalue weighted by Gasteiger charge is -2.21. The minimum absolute atomic E-state index is 0.103. The fourth-order valence-electron chi connectivity index (χ4n) is 5.16. The van der Waals surface area contributed by atoms with Gasteiger partial charge in [-0.1, -0.05) is 96.0 Å². The van der Waals surface area contributed by atoms with Crippen molar-refractivity contribution in [1.29, 1.82) is 0 Å². The number of para-hydroxylation sites is 1. The Hall–Kier alpha value is -3.01. The maximum absolute atomic E-state index is 7.03. The molecule has 0 amide bonds. The lowest BCUT2D eigenvalue weighted by molar-refractivity contribution is 0.482. The number of hydrogen-bond donors (Lipinski definition) is 0. The van der Waals surface area contributed by atoms with Gasteiger partial charge in [-0.2, -0.15) is 0 Å². The van der Waals surface area contributed by atoms with E-state index in [4.69, 9.17) is 16.3 Å². The second kappa shape index (κ2) is 7.51. The predicted octanol–water partition coefficient (Wildman–Crippen LogP) is 9.14. The Balaban J connectivity index is 1.62. The minimum atomic E-state index is -0.103. The standard InChI is InChI=1S/C29H21BrClNO/c1-29(2)22-13-5-3-11-20(22)28-26(29)21-12-4-6-14-23(21)32(28)24-15-8-16-25(27(24)31)33-19-10-7-9-18(30)17-19/h3-17H,1-2H3. The number of rotatable bonds is 3. The Morgan fingerprint density at radius 1 is 0.848 bits per heavy atom. The first-order valence-corrected chi connectivity index (χ1v) is 12.1. The molecule has 0 radical (unpaired) electrons. The molecule has 1 aromatic heterocycles. The van der Waals surface area contributed by atoms with Crippen LogP contribution in [0.5, 0.6) is 11.5 Å². The average Bonchev–Trinajstić information content (AvgIpc) is 3.27. The summed E-state index contributed by atoms with van der Waals surface area (Å²) in [6, 6.07) is 31.0. The third-order valence-electron chi connectivity index (χ3n) is 6.56. The molecule has 1 aliphatic carbocycles. The van der Waals surface area contributed by atoms with Gasteiger partial charge in [0.25, 0.3) is 0 Å². The molecule has 4 aromatic carbocycles. The van der Waals surface area contributed by atoms with Gasteiger partial charge in [0.15, 0.2) is 0 Å². The summed E-state index contributed by atoms with van der Waals surface area (Å²) >= 11 is 10.5. The molecular weight excluding hydrogens is 494 g/mol. The van der Waals surface area contributed by atoms with Gasteiger partial charge in [0, 0.05) is 20.8 Å². The van der Waals surface area contributed by atoms with Gasteiger partial charge in [-0.15, -0.1) is 0 Å². The highest BCUT2D eigenvalue weighted by Gasteiger charge is 2.40. The van der Waals surface area contributed by atoms with E-state index < -0.39 is 0 Å². The Kier molecular flexibility index (Phi) is 4.69. The molecule has 0 N–H and O–H groups in total. The Morgan fingerprint density at radius 2 is 1.61 bits per heavy atom. The Bertz CT molecular complexity index is 1550. The largest absolute Gasteiger partial charge is 0.456 e. The van der Waals surface area contributed by atoms with Crippen molar-refractivity contribution in [2.24, 2.45) is 0 Å². The molecule has 0 atom stereocenters. The topological polar surface area (TPSA) is 14.2 Å². The highest BCUT2D eigenvalue weighted by molar-refractivity contribution is 9.10. The molecule has 0 fully saturated rings. The monoisotopic (exact) mass is 513 g/mol. The van der Waals surface area contributed by atoms with E-state index in [2.05, 4.69) is 88.9 Å². The molecule has 0 aliphatic heterocycles. The van der Waals surface area contributed by atoms with Crippen molar-refractivity contribution in [2.45, 2.75) is 19.3 Å². The van der Waals surface area contributed by atoms with Crippen LogP contribution in [0.15, 0.2) is 95.5 Å². The molecule has 5 aromatic rings. The lowest BCUT2D eigenvalue weighted by atomic mass is 9.81. The molecule has 0 unspecified atom stereocenters. The van der Waals surface area contributed by atoms with Crippen molar-refractivity contribution in [3.63, 3.8) is 0 Å². The van der Waals surface area contributed by atoms with Crippen LogP contribution in [0.2, 0.25) is 5.02 Å². The fraction of sp³-hybridized carbons (Fsp3) is 0.103. The molecule has 4 heteroatoms. The maximum Gasteiger partial charge on any atom is 0.148 e. The van der Waals surface area contributed by atoms with Crippen LogP contribution in [0.4, 0.5) is 0 Å². The molecule has 1 aliphatic rings. The molecular formula is C29H21BrClNO. The number of ether oxygens (including phenoxy) is 1. The van der Waals surface area contributed by atoms with Crippen molar-refractivity contribution in [1.82, 2.24) is 4.57 Å². The van der Waals surface area contributed by atoms with Crippen LogP contribution in [0, 0.1) is 0 Å². The van der Waals surface area contributed by atoms with Gasteiger partial charge in [-0.25, -0.2) is 0 Å². The summed E-state index contributed by atoms with van der Waals surface area (Å²) < 4.78 is 9.45. The average molecular weight is 515 g/mol. The van der Waals surface area contributed by atoms with Gasteiger partial charge >= 0.3 is 0 Å². The second-order valence-corrected chi connectivity index (χ2v) is 10.2. The van der Waals surface area contributed by atoms with Gasteiger partial charge in [-0.3, -0.25) is 0 Å². The number of aromatic nitrogens is 1. The van der Waals surface area contributed by atoms with Crippen molar-refractivity contribution in [2.75, 3.05) is 0 Å². The highest BCUT2D eigenvalue weighted by atomic mass is 79.9. The zero-order valence-corrected chi connectivity index (χ0v) is 20.6. The number of fused-ring (bicyclic) bond motifs is 5. The van der Waals surface area contributed by atoms with Gasteiger partial charge in [0.05, 0.1) is 16.9 Å². The van der Waals surface area contributed by atoms with Crippen molar-refractivity contribution in [3.8, 4) is 28.4 Å². The minimum Gasteiger partial charge on any atom is -0.456 e. The van der Waals surface area contributed by atoms with E-state index in [0.717, 1.165) is 21.4 Å². The van der Waals surface area contributed by atoms with Gasteiger partial charge in [0.2, 0.25) is 0 Å². The highest BCUT2D eigenvalue weighted by Crippen LogP contribution is 2.54. The van der Waals surface area contributed by atoms with E-state index in [1.165, 1.54) is 27.8 Å². The number of hydrogen-bond acceptors (Lipinski definition) is 1. The molecule has 33 heavy (non-hydrogen) atoms. The first-order valence-electron chi connectivity index (χ1n) is 10.9. The van der Waals surface area contributed by atoms with Crippen LogP contribution in [0.25, 0.3) is 27.8 Å². The third-order valence-corrected chi connectivity index (χ3v) is 7.44. The molecule has 2 nitrogen and oxygen atoms in total. The molecule has 0 saturated heterocycles. The summed E-state index contributed by atoms with van der Waals surface area (Å²) in [5.41, 5.74) is 7.09. The quantitative estimate of drug-likeness (QED) is 0.234. The maximum atomic E-state index is 7.03. The van der Waals surface area contributed by atoms with E-state index in [9.17, 15) is 0 Å². The van der Waals surface area contributed by atoms with Crippen LogP contribution in [0.3, 0.4) is 0 Å². The van der Waals surface area contributed by atoms with E-state index in [-0.39, 0.29) is 5.41 Å². The van der Waals surface area contributed by atoms with Crippen molar-refractivity contribution in [3.05, 3.63) is 112 Å². The first-order chi connectivity index (χ1) is 16.0. The molecule has 1 heterocycles. The predicted molar refractivity (Wildman–Crippen MR) is 140 cm³/mol. The number of benzene rings is 4. The van der Waals surface area contributed by atoms with Crippen molar-refractivity contribution < 1.29 is 4.74 Å².